The summed E-state index contributed by atoms with van der Waals surface area (Å²) in [5.74, 6) is -1.17. The van der Waals surface area contributed by atoms with E-state index in [9.17, 15) is 13.8 Å². The van der Waals surface area contributed by atoms with Gasteiger partial charge in [-0.15, -0.1) is 11.3 Å². The summed E-state index contributed by atoms with van der Waals surface area (Å²) in [6.07, 6.45) is 3.58. The Morgan fingerprint density at radius 3 is 2.52 bits per heavy atom. The number of hydrogen-bond donors (Lipinski definition) is 4. The van der Waals surface area contributed by atoms with Crippen LogP contribution in [0.4, 0.5) is 0 Å². The summed E-state index contributed by atoms with van der Waals surface area (Å²) < 4.78 is 13.7. The molecule has 0 aliphatic heterocycles. The Morgan fingerprint density at radius 1 is 1.22 bits per heavy atom. The van der Waals surface area contributed by atoms with Crippen LogP contribution in [0.25, 0.3) is 6.08 Å². The standard InChI is InChI=1S/C11H14N2O3S.C7H9NOS/c12-6-1-2-8-3-4-9(17-8)11(16)13-7-5-10(14)15;1-8-10(9)7-5-3-2-4-6-7/h1-4H,5-7,12H2,(H,13,16)(H,14,15);2-6,8H,1H3/b2-1+;. The number of benzene rings is 1. The zero-order valence-electron chi connectivity index (χ0n) is 14.9. The molecule has 2 aromatic rings. The normalized spacial score (nSPS) is 11.5. The van der Waals surface area contributed by atoms with Crippen molar-refractivity contribution < 1.29 is 18.9 Å². The SMILES string of the molecule is CNS(=O)c1ccccc1.NC/C=C/c1ccc(C(=O)NCCC(=O)O)s1. The summed E-state index contributed by atoms with van der Waals surface area (Å²) in [7, 11) is 0.629. The van der Waals surface area contributed by atoms with E-state index in [1.165, 1.54) is 11.3 Å². The topological polar surface area (TPSA) is 122 Å². The third kappa shape index (κ3) is 9.25. The van der Waals surface area contributed by atoms with Crippen molar-refractivity contribution in [2.45, 2.75) is 11.3 Å². The third-order valence-corrected chi connectivity index (χ3v) is 5.16. The first-order valence-corrected chi connectivity index (χ1v) is 10.0. The second-order valence-corrected chi connectivity index (χ2v) is 7.56. The molecule has 0 fully saturated rings. The molecule has 146 valence electrons. The van der Waals surface area contributed by atoms with Crippen LogP contribution in [-0.2, 0) is 15.8 Å². The number of carbonyl (C=O) groups excluding carboxylic acids is 1. The van der Waals surface area contributed by atoms with Crippen molar-refractivity contribution in [3.8, 4) is 0 Å². The predicted octanol–water partition coefficient (Wildman–Crippen LogP) is 1.85. The van der Waals surface area contributed by atoms with Crippen LogP contribution in [0.2, 0.25) is 0 Å². The Hall–Kier alpha value is -2.33. The molecule has 0 saturated carbocycles. The van der Waals surface area contributed by atoms with Gasteiger partial charge in [-0.05, 0) is 37.4 Å². The van der Waals surface area contributed by atoms with Gasteiger partial charge in [-0.3, -0.25) is 9.59 Å². The van der Waals surface area contributed by atoms with E-state index in [1.54, 1.807) is 19.2 Å². The van der Waals surface area contributed by atoms with Crippen LogP contribution in [0.3, 0.4) is 0 Å². The summed E-state index contributed by atoms with van der Waals surface area (Å²) >= 11 is 1.34. The van der Waals surface area contributed by atoms with Gasteiger partial charge in [0, 0.05) is 18.0 Å². The number of amides is 1. The van der Waals surface area contributed by atoms with E-state index in [4.69, 9.17) is 10.8 Å². The second kappa shape index (κ2) is 12.9. The van der Waals surface area contributed by atoms with Crippen molar-refractivity contribution in [1.82, 2.24) is 10.0 Å². The number of nitrogens with two attached hydrogens (primary N) is 1. The lowest BCUT2D eigenvalue weighted by molar-refractivity contribution is -0.136. The zero-order chi connectivity index (χ0) is 20.1. The Kier molecular flexibility index (Phi) is 10.9. The highest BCUT2D eigenvalue weighted by Crippen LogP contribution is 2.17. The van der Waals surface area contributed by atoms with E-state index in [0.717, 1.165) is 9.77 Å². The van der Waals surface area contributed by atoms with Crippen LogP contribution in [-0.4, -0.2) is 41.3 Å². The molecule has 1 atom stereocenters. The van der Waals surface area contributed by atoms with Crippen LogP contribution in [0.15, 0.2) is 53.4 Å². The molecule has 9 heteroatoms. The molecule has 0 radical (unpaired) electrons. The van der Waals surface area contributed by atoms with E-state index in [0.29, 0.717) is 11.4 Å². The van der Waals surface area contributed by atoms with Crippen molar-refractivity contribution in [1.29, 1.82) is 0 Å². The summed E-state index contributed by atoms with van der Waals surface area (Å²) in [6.45, 7) is 0.595. The molecule has 1 heterocycles. The Labute approximate surface area is 164 Å². The van der Waals surface area contributed by atoms with Crippen molar-refractivity contribution in [2.75, 3.05) is 20.1 Å². The molecule has 1 aromatic carbocycles. The van der Waals surface area contributed by atoms with Crippen molar-refractivity contribution >= 4 is 40.3 Å². The number of carboxylic acid groups (broad SMARTS) is 1. The van der Waals surface area contributed by atoms with Gasteiger partial charge in [-0.25, -0.2) is 8.93 Å². The molecular weight excluding hydrogens is 386 g/mol. The predicted molar refractivity (Wildman–Crippen MR) is 109 cm³/mol. The number of thiophene rings is 1. The molecule has 0 aliphatic rings. The van der Waals surface area contributed by atoms with E-state index in [2.05, 4.69) is 10.0 Å². The maximum absolute atomic E-state index is 11.6. The highest BCUT2D eigenvalue weighted by Gasteiger charge is 2.08. The van der Waals surface area contributed by atoms with Crippen molar-refractivity contribution in [3.05, 3.63) is 58.3 Å². The van der Waals surface area contributed by atoms with Gasteiger partial charge in [0.15, 0.2) is 0 Å². The van der Waals surface area contributed by atoms with Gasteiger partial charge in [0.05, 0.1) is 16.2 Å². The first-order chi connectivity index (χ1) is 13.0. The number of hydrogen-bond acceptors (Lipinski definition) is 5. The van der Waals surface area contributed by atoms with Gasteiger partial charge in [-0.2, -0.15) is 0 Å². The molecular formula is C18H23N3O4S2. The maximum Gasteiger partial charge on any atom is 0.305 e. The van der Waals surface area contributed by atoms with Gasteiger partial charge in [0.25, 0.3) is 5.91 Å². The number of aliphatic carboxylic acids is 1. The summed E-state index contributed by atoms with van der Waals surface area (Å²) in [6, 6.07) is 12.8. The highest BCUT2D eigenvalue weighted by molar-refractivity contribution is 7.83. The molecule has 0 aliphatic carbocycles. The molecule has 2 rings (SSSR count). The van der Waals surface area contributed by atoms with Gasteiger partial charge in [-0.1, -0.05) is 24.3 Å². The fourth-order valence-corrected chi connectivity index (χ4v) is 3.28. The minimum Gasteiger partial charge on any atom is -0.481 e. The number of rotatable bonds is 8. The minimum absolute atomic E-state index is 0.0724. The van der Waals surface area contributed by atoms with E-state index in [1.807, 2.05) is 42.5 Å². The van der Waals surface area contributed by atoms with Crippen LogP contribution in [0.5, 0.6) is 0 Å². The maximum atomic E-state index is 11.6. The number of carboxylic acids is 1. The molecule has 0 spiro atoms. The molecule has 5 N–H and O–H groups in total. The minimum atomic E-state index is -1.04. The first kappa shape index (κ1) is 22.7. The molecule has 0 saturated heterocycles. The summed E-state index contributed by atoms with van der Waals surface area (Å²) in [5.41, 5.74) is 5.32. The highest BCUT2D eigenvalue weighted by atomic mass is 32.2. The summed E-state index contributed by atoms with van der Waals surface area (Å²) in [4.78, 5) is 24.2. The molecule has 0 bridgehead atoms. The molecule has 27 heavy (non-hydrogen) atoms. The van der Waals surface area contributed by atoms with Crippen LogP contribution < -0.4 is 15.8 Å². The average Bonchev–Trinajstić information content (AvgIpc) is 3.15. The zero-order valence-corrected chi connectivity index (χ0v) is 16.5. The molecule has 1 unspecified atom stereocenters. The van der Waals surface area contributed by atoms with E-state index < -0.39 is 17.0 Å². The van der Waals surface area contributed by atoms with E-state index in [-0.39, 0.29) is 18.9 Å². The Morgan fingerprint density at radius 2 is 1.93 bits per heavy atom. The lowest BCUT2D eigenvalue weighted by atomic mass is 10.3. The number of nitrogens with one attached hydrogen (secondary N) is 2. The van der Waals surface area contributed by atoms with Gasteiger partial charge >= 0.3 is 5.97 Å². The van der Waals surface area contributed by atoms with E-state index >= 15 is 0 Å². The monoisotopic (exact) mass is 409 g/mol. The lowest BCUT2D eigenvalue weighted by Gasteiger charge is -1.99. The summed E-state index contributed by atoms with van der Waals surface area (Å²) in [5, 5.41) is 11.0. The largest absolute Gasteiger partial charge is 0.481 e. The van der Waals surface area contributed by atoms with Gasteiger partial charge < -0.3 is 16.2 Å². The van der Waals surface area contributed by atoms with Crippen LogP contribution in [0, 0.1) is 0 Å². The van der Waals surface area contributed by atoms with Crippen LogP contribution >= 0.6 is 11.3 Å². The van der Waals surface area contributed by atoms with Crippen molar-refractivity contribution in [3.63, 3.8) is 0 Å². The fraction of sp³-hybridized carbons (Fsp3) is 0.222. The Bertz CT molecular complexity index is 776. The first-order valence-electron chi connectivity index (χ1n) is 8.08. The van der Waals surface area contributed by atoms with Gasteiger partial charge in [0.1, 0.15) is 11.0 Å². The van der Waals surface area contributed by atoms with Crippen LogP contribution in [0.1, 0.15) is 21.0 Å². The molecule has 1 amide bonds. The molecule has 7 nitrogen and oxygen atoms in total. The third-order valence-electron chi connectivity index (χ3n) is 3.04. The average molecular weight is 410 g/mol. The molecule has 1 aromatic heterocycles. The Balaban J connectivity index is 0.000000309. The smallest absolute Gasteiger partial charge is 0.305 e. The van der Waals surface area contributed by atoms with Gasteiger partial charge in [0.2, 0.25) is 0 Å². The quantitative estimate of drug-likeness (QED) is 0.530. The lowest BCUT2D eigenvalue weighted by Crippen LogP contribution is -2.25. The number of carbonyl (C=O) groups is 2. The fourth-order valence-electron chi connectivity index (χ4n) is 1.78. The second-order valence-electron chi connectivity index (χ2n) is 5.03. The van der Waals surface area contributed by atoms with Crippen molar-refractivity contribution in [2.24, 2.45) is 5.73 Å².